The van der Waals surface area contributed by atoms with Gasteiger partial charge < -0.3 is 10.0 Å². The van der Waals surface area contributed by atoms with E-state index in [1.807, 2.05) is 4.90 Å². The summed E-state index contributed by atoms with van der Waals surface area (Å²) < 4.78 is 0. The number of anilines is 1. The molecule has 1 N–H and O–H groups in total. The van der Waals surface area contributed by atoms with Crippen LogP contribution in [-0.4, -0.2) is 34.1 Å². The molecule has 1 fully saturated rings. The third kappa shape index (κ3) is 2.37. The van der Waals surface area contributed by atoms with Crippen LogP contribution in [0.15, 0.2) is 30.5 Å². The number of rotatable bonds is 4. The molecule has 7 heteroatoms. The van der Waals surface area contributed by atoms with Crippen LogP contribution in [0.2, 0.25) is 0 Å². The Bertz CT molecular complexity index is 725. The molecule has 7 nitrogen and oxygen atoms in total. The number of aromatic nitrogens is 1. The van der Waals surface area contributed by atoms with E-state index in [1.165, 1.54) is 0 Å². The summed E-state index contributed by atoms with van der Waals surface area (Å²) >= 11 is 0. The Morgan fingerprint density at radius 1 is 1.43 bits per heavy atom. The fraction of sp³-hybridized carbons (Fsp3) is 0.286. The smallest absolute Gasteiger partial charge is 0.303 e. The maximum absolute atomic E-state index is 11.4. The first-order valence-electron chi connectivity index (χ1n) is 6.55. The number of nitro groups is 1. The van der Waals surface area contributed by atoms with Crippen molar-refractivity contribution in [2.24, 2.45) is 5.92 Å². The first-order chi connectivity index (χ1) is 10.1. The Kier molecular flexibility index (Phi) is 3.17. The quantitative estimate of drug-likeness (QED) is 0.683. The van der Waals surface area contributed by atoms with Crippen molar-refractivity contribution in [1.29, 1.82) is 0 Å². The van der Waals surface area contributed by atoms with E-state index in [4.69, 9.17) is 5.11 Å². The monoisotopic (exact) mass is 287 g/mol. The molecule has 1 aromatic heterocycles. The predicted octanol–water partition coefficient (Wildman–Crippen LogP) is 2.05. The third-order valence-electron chi connectivity index (χ3n) is 3.68. The second-order valence-electron chi connectivity index (χ2n) is 5.13. The highest BCUT2D eigenvalue weighted by Gasteiger charge is 2.33. The van der Waals surface area contributed by atoms with E-state index in [1.54, 1.807) is 30.5 Å². The van der Waals surface area contributed by atoms with Crippen molar-refractivity contribution in [2.45, 2.75) is 6.42 Å². The third-order valence-corrected chi connectivity index (χ3v) is 3.68. The van der Waals surface area contributed by atoms with Crippen LogP contribution in [0.1, 0.15) is 6.42 Å². The lowest BCUT2D eigenvalue weighted by molar-refractivity contribution is -0.382. The minimum absolute atomic E-state index is 0.0365. The minimum atomic E-state index is -0.836. The van der Waals surface area contributed by atoms with E-state index in [0.717, 1.165) is 0 Å². The molecular weight excluding hydrogens is 274 g/mol. The molecule has 1 aromatic carbocycles. The highest BCUT2D eigenvalue weighted by molar-refractivity contribution is 5.94. The molecule has 0 amide bonds. The molecule has 1 saturated heterocycles. The predicted molar refractivity (Wildman–Crippen MR) is 76.4 cm³/mol. The zero-order chi connectivity index (χ0) is 15.0. The maximum Gasteiger partial charge on any atom is 0.303 e. The molecule has 108 valence electrons. The van der Waals surface area contributed by atoms with Gasteiger partial charge >= 0.3 is 11.7 Å². The molecule has 1 aliphatic rings. The molecule has 0 unspecified atom stereocenters. The van der Waals surface area contributed by atoms with Gasteiger partial charge in [-0.2, -0.15) is 0 Å². The first-order valence-corrected chi connectivity index (χ1v) is 6.55. The number of fused-ring (bicyclic) bond motifs is 1. The van der Waals surface area contributed by atoms with Gasteiger partial charge in [-0.25, -0.2) is 0 Å². The van der Waals surface area contributed by atoms with Crippen LogP contribution in [0.3, 0.4) is 0 Å². The number of carbonyl (C=O) groups is 1. The largest absolute Gasteiger partial charge is 0.481 e. The van der Waals surface area contributed by atoms with Crippen LogP contribution < -0.4 is 4.90 Å². The van der Waals surface area contributed by atoms with E-state index in [-0.39, 0.29) is 18.0 Å². The molecule has 0 aliphatic carbocycles. The first kappa shape index (κ1) is 13.3. The normalized spacial score (nSPS) is 15.0. The molecule has 3 rings (SSSR count). The zero-order valence-electron chi connectivity index (χ0n) is 11.1. The zero-order valence-corrected chi connectivity index (χ0v) is 11.1. The summed E-state index contributed by atoms with van der Waals surface area (Å²) in [5.41, 5.74) is 1.15. The summed E-state index contributed by atoms with van der Waals surface area (Å²) in [6.45, 7) is 1.05. The van der Waals surface area contributed by atoms with Crippen LogP contribution in [0.5, 0.6) is 0 Å². The second-order valence-corrected chi connectivity index (χ2v) is 5.13. The highest BCUT2D eigenvalue weighted by atomic mass is 16.6. The fourth-order valence-corrected chi connectivity index (χ4v) is 2.72. The average Bonchev–Trinajstić information content (AvgIpc) is 2.40. The minimum Gasteiger partial charge on any atom is -0.481 e. The van der Waals surface area contributed by atoms with Crippen LogP contribution in [0, 0.1) is 16.0 Å². The number of pyridine rings is 1. The molecule has 0 radical (unpaired) electrons. The number of benzene rings is 1. The Labute approximate surface area is 120 Å². The van der Waals surface area contributed by atoms with Gasteiger partial charge in [0, 0.05) is 25.2 Å². The van der Waals surface area contributed by atoms with E-state index in [9.17, 15) is 14.9 Å². The molecule has 0 saturated carbocycles. The fourth-order valence-electron chi connectivity index (χ4n) is 2.72. The summed E-state index contributed by atoms with van der Waals surface area (Å²) in [7, 11) is 0. The number of nitrogens with zero attached hydrogens (tertiary/aromatic N) is 3. The van der Waals surface area contributed by atoms with Crippen molar-refractivity contribution in [1.82, 2.24) is 4.98 Å². The molecule has 0 atom stereocenters. The van der Waals surface area contributed by atoms with Crippen LogP contribution in [0.4, 0.5) is 11.4 Å². The number of nitro benzene ring substituents is 1. The summed E-state index contributed by atoms with van der Waals surface area (Å²) in [6.07, 6.45) is 1.69. The summed E-state index contributed by atoms with van der Waals surface area (Å²) in [5, 5.41) is 20.7. The number of aliphatic carboxylic acids is 1. The lowest BCUT2D eigenvalue weighted by Crippen LogP contribution is -2.47. The molecule has 0 bridgehead atoms. The van der Waals surface area contributed by atoms with Gasteiger partial charge in [-0.15, -0.1) is 0 Å². The molecule has 2 heterocycles. The Morgan fingerprint density at radius 3 is 2.86 bits per heavy atom. The summed E-state index contributed by atoms with van der Waals surface area (Å²) in [5.74, 6) is -0.788. The van der Waals surface area contributed by atoms with Crippen molar-refractivity contribution in [3.63, 3.8) is 0 Å². The van der Waals surface area contributed by atoms with Crippen LogP contribution in [-0.2, 0) is 4.79 Å². The lowest BCUT2D eigenvalue weighted by atomic mass is 9.95. The number of carboxylic acids is 1. The van der Waals surface area contributed by atoms with Gasteiger partial charge in [-0.05, 0) is 24.3 Å². The SMILES string of the molecule is O=C(O)CC1CN(c2ccc3ncccc3c2[N+](=O)[O-])C1. The lowest BCUT2D eigenvalue weighted by Gasteiger charge is -2.40. The number of hydrogen-bond donors (Lipinski definition) is 1. The number of carboxylic acid groups (broad SMARTS) is 1. The average molecular weight is 287 g/mol. The Balaban J connectivity index is 1.95. The van der Waals surface area contributed by atoms with Crippen molar-refractivity contribution >= 4 is 28.2 Å². The summed E-state index contributed by atoms with van der Waals surface area (Å²) in [4.78, 5) is 27.6. The van der Waals surface area contributed by atoms with Crippen molar-refractivity contribution in [3.8, 4) is 0 Å². The molecular formula is C14H13N3O4. The second kappa shape index (κ2) is 5.01. The van der Waals surface area contributed by atoms with Crippen molar-refractivity contribution < 1.29 is 14.8 Å². The van der Waals surface area contributed by atoms with Crippen LogP contribution in [0.25, 0.3) is 10.9 Å². The van der Waals surface area contributed by atoms with E-state index in [0.29, 0.717) is 29.7 Å². The van der Waals surface area contributed by atoms with E-state index >= 15 is 0 Å². The van der Waals surface area contributed by atoms with Crippen molar-refractivity contribution in [3.05, 3.63) is 40.6 Å². The standard InChI is InChI=1S/C14H13N3O4/c18-13(19)6-9-7-16(8-9)12-4-3-11-10(2-1-5-15-11)14(12)17(20)21/h1-5,9H,6-8H2,(H,18,19). The Hall–Kier alpha value is -2.70. The van der Waals surface area contributed by atoms with Gasteiger partial charge in [0.05, 0.1) is 22.2 Å². The van der Waals surface area contributed by atoms with Crippen molar-refractivity contribution in [2.75, 3.05) is 18.0 Å². The van der Waals surface area contributed by atoms with Gasteiger partial charge in [0.15, 0.2) is 0 Å². The Morgan fingerprint density at radius 2 is 2.19 bits per heavy atom. The number of hydrogen-bond acceptors (Lipinski definition) is 5. The van der Waals surface area contributed by atoms with Gasteiger partial charge in [-0.1, -0.05) is 0 Å². The highest BCUT2D eigenvalue weighted by Crippen LogP contribution is 2.38. The molecule has 21 heavy (non-hydrogen) atoms. The van der Waals surface area contributed by atoms with Gasteiger partial charge in [-0.3, -0.25) is 19.9 Å². The molecule has 1 aliphatic heterocycles. The van der Waals surface area contributed by atoms with Gasteiger partial charge in [0.1, 0.15) is 5.69 Å². The van der Waals surface area contributed by atoms with Gasteiger partial charge in [0.25, 0.3) is 0 Å². The maximum atomic E-state index is 11.4. The van der Waals surface area contributed by atoms with Gasteiger partial charge in [0.2, 0.25) is 0 Å². The summed E-state index contributed by atoms with van der Waals surface area (Å²) in [6, 6.07) is 6.79. The van der Waals surface area contributed by atoms with E-state index in [2.05, 4.69) is 4.98 Å². The van der Waals surface area contributed by atoms with E-state index < -0.39 is 10.9 Å². The molecule has 2 aromatic rings. The topological polar surface area (TPSA) is 96.6 Å². The van der Waals surface area contributed by atoms with Crippen LogP contribution >= 0.6 is 0 Å². The molecule has 0 spiro atoms.